The number of carbonyl (C=O) groups is 3. The zero-order valence-electron chi connectivity index (χ0n) is 17.0. The van der Waals surface area contributed by atoms with Crippen molar-refractivity contribution in [3.05, 3.63) is 46.0 Å². The van der Waals surface area contributed by atoms with Crippen molar-refractivity contribution in [1.82, 2.24) is 0 Å². The molecule has 0 aliphatic heterocycles. The Morgan fingerprint density at radius 1 is 1.10 bits per heavy atom. The third-order valence-electron chi connectivity index (χ3n) is 4.27. The SMILES string of the molecule is CCOC(=O)c1sc(NC(=O)c2cc3cccc(OC)c3o2)c(C(=O)OCC)c1C. The van der Waals surface area contributed by atoms with E-state index in [1.54, 1.807) is 45.0 Å². The first kappa shape index (κ1) is 21.4. The lowest BCUT2D eigenvalue weighted by Gasteiger charge is -2.06. The van der Waals surface area contributed by atoms with Gasteiger partial charge in [-0.1, -0.05) is 12.1 Å². The molecule has 1 amide bonds. The van der Waals surface area contributed by atoms with Crippen molar-refractivity contribution in [2.45, 2.75) is 20.8 Å². The Balaban J connectivity index is 1.98. The van der Waals surface area contributed by atoms with Gasteiger partial charge in [0, 0.05) is 5.39 Å². The molecule has 1 aromatic carbocycles. The summed E-state index contributed by atoms with van der Waals surface area (Å²) < 4.78 is 21.0. The van der Waals surface area contributed by atoms with Gasteiger partial charge in [-0.05, 0) is 38.5 Å². The zero-order valence-corrected chi connectivity index (χ0v) is 17.8. The number of ether oxygens (including phenoxy) is 3. The van der Waals surface area contributed by atoms with Crippen LogP contribution in [-0.2, 0) is 9.47 Å². The molecule has 0 aliphatic carbocycles. The van der Waals surface area contributed by atoms with Crippen molar-refractivity contribution in [3.8, 4) is 5.75 Å². The molecule has 0 unspecified atom stereocenters. The molecule has 2 heterocycles. The van der Waals surface area contributed by atoms with Crippen LogP contribution in [0, 0.1) is 6.92 Å². The van der Waals surface area contributed by atoms with Crippen LogP contribution in [0.25, 0.3) is 11.0 Å². The van der Waals surface area contributed by atoms with Gasteiger partial charge in [0.05, 0.1) is 25.9 Å². The first-order valence-electron chi connectivity index (χ1n) is 9.26. The van der Waals surface area contributed by atoms with Crippen molar-refractivity contribution in [2.75, 3.05) is 25.6 Å². The maximum Gasteiger partial charge on any atom is 0.348 e. The highest BCUT2D eigenvalue weighted by molar-refractivity contribution is 7.18. The lowest BCUT2D eigenvalue weighted by Crippen LogP contribution is -2.14. The fourth-order valence-corrected chi connectivity index (χ4v) is 4.00. The number of esters is 2. The van der Waals surface area contributed by atoms with Crippen LogP contribution in [0.1, 0.15) is 50.0 Å². The van der Waals surface area contributed by atoms with Crippen molar-refractivity contribution in [3.63, 3.8) is 0 Å². The van der Waals surface area contributed by atoms with E-state index in [0.29, 0.717) is 22.3 Å². The van der Waals surface area contributed by atoms with Gasteiger partial charge in [0.15, 0.2) is 17.1 Å². The number of hydrogen-bond donors (Lipinski definition) is 1. The summed E-state index contributed by atoms with van der Waals surface area (Å²) in [4.78, 5) is 37.8. The smallest absolute Gasteiger partial charge is 0.348 e. The van der Waals surface area contributed by atoms with E-state index < -0.39 is 17.8 Å². The molecule has 8 nitrogen and oxygen atoms in total. The number of thiophene rings is 1. The topological polar surface area (TPSA) is 104 Å². The molecule has 3 rings (SSSR count). The summed E-state index contributed by atoms with van der Waals surface area (Å²) in [5, 5.41) is 3.54. The number of para-hydroxylation sites is 1. The number of hydrogen-bond acceptors (Lipinski definition) is 8. The first-order chi connectivity index (χ1) is 14.4. The monoisotopic (exact) mass is 431 g/mol. The summed E-state index contributed by atoms with van der Waals surface area (Å²) in [5.74, 6) is -1.25. The van der Waals surface area contributed by atoms with Gasteiger partial charge in [0.25, 0.3) is 5.91 Å². The van der Waals surface area contributed by atoms with E-state index in [9.17, 15) is 14.4 Å². The van der Waals surface area contributed by atoms with E-state index >= 15 is 0 Å². The van der Waals surface area contributed by atoms with E-state index in [4.69, 9.17) is 18.6 Å². The number of rotatable bonds is 7. The largest absolute Gasteiger partial charge is 0.493 e. The fraction of sp³-hybridized carbons (Fsp3) is 0.286. The van der Waals surface area contributed by atoms with Crippen LogP contribution in [0.2, 0.25) is 0 Å². The maximum atomic E-state index is 12.8. The molecule has 0 saturated carbocycles. The zero-order chi connectivity index (χ0) is 21.8. The lowest BCUT2D eigenvalue weighted by atomic mass is 10.1. The standard InChI is InChI=1S/C21H21NO7S/c1-5-27-20(24)15-11(3)17(21(25)28-6-2)30-19(15)22-18(23)14-10-12-8-7-9-13(26-4)16(12)29-14/h7-10H,5-6H2,1-4H3,(H,22,23). The Bertz CT molecular complexity index is 1110. The van der Waals surface area contributed by atoms with Crippen LogP contribution in [0.4, 0.5) is 5.00 Å². The number of methoxy groups -OCH3 is 1. The molecule has 0 fully saturated rings. The van der Waals surface area contributed by atoms with Gasteiger partial charge in [-0.25, -0.2) is 9.59 Å². The summed E-state index contributed by atoms with van der Waals surface area (Å²) in [6.07, 6.45) is 0. The molecule has 158 valence electrons. The molecule has 0 bridgehead atoms. The molecule has 0 radical (unpaired) electrons. The van der Waals surface area contributed by atoms with E-state index in [0.717, 1.165) is 11.3 Å². The van der Waals surface area contributed by atoms with Crippen LogP contribution in [0.3, 0.4) is 0 Å². The van der Waals surface area contributed by atoms with Gasteiger partial charge < -0.3 is 23.9 Å². The van der Waals surface area contributed by atoms with E-state index in [2.05, 4.69) is 5.32 Å². The summed E-state index contributed by atoms with van der Waals surface area (Å²) in [6, 6.07) is 6.87. The molecule has 1 N–H and O–H groups in total. The quantitative estimate of drug-likeness (QED) is 0.552. The minimum Gasteiger partial charge on any atom is -0.493 e. The second-order valence-corrected chi connectivity index (χ2v) is 7.17. The molecular weight excluding hydrogens is 410 g/mol. The minimum atomic E-state index is -0.636. The normalized spacial score (nSPS) is 10.7. The fourth-order valence-electron chi connectivity index (χ4n) is 2.92. The highest BCUT2D eigenvalue weighted by Crippen LogP contribution is 2.35. The molecule has 0 saturated heterocycles. The number of furan rings is 1. The molecule has 0 aliphatic rings. The number of nitrogens with one attached hydrogen (secondary N) is 1. The van der Waals surface area contributed by atoms with Crippen LogP contribution < -0.4 is 10.1 Å². The summed E-state index contributed by atoms with van der Waals surface area (Å²) in [5.41, 5.74) is 0.941. The second kappa shape index (κ2) is 9.00. The van der Waals surface area contributed by atoms with E-state index in [1.807, 2.05) is 0 Å². The highest BCUT2D eigenvalue weighted by Gasteiger charge is 2.28. The average Bonchev–Trinajstić information content (AvgIpc) is 3.29. The number of carbonyl (C=O) groups excluding carboxylic acids is 3. The van der Waals surface area contributed by atoms with Crippen molar-refractivity contribution in [1.29, 1.82) is 0 Å². The molecule has 0 spiro atoms. The molecule has 30 heavy (non-hydrogen) atoms. The summed E-state index contributed by atoms with van der Waals surface area (Å²) in [7, 11) is 1.51. The van der Waals surface area contributed by atoms with Crippen molar-refractivity contribution >= 4 is 45.2 Å². The van der Waals surface area contributed by atoms with Crippen molar-refractivity contribution in [2.24, 2.45) is 0 Å². The Hall–Kier alpha value is -3.33. The Labute approximate surface area is 176 Å². The van der Waals surface area contributed by atoms with Crippen LogP contribution in [-0.4, -0.2) is 38.2 Å². The lowest BCUT2D eigenvalue weighted by molar-refractivity contribution is 0.0527. The van der Waals surface area contributed by atoms with Crippen LogP contribution in [0.5, 0.6) is 5.75 Å². The molecular formula is C21H21NO7S. The average molecular weight is 431 g/mol. The predicted octanol–water partition coefficient (Wildman–Crippen LogP) is 4.42. The second-order valence-electron chi connectivity index (χ2n) is 6.14. The van der Waals surface area contributed by atoms with Crippen molar-refractivity contribution < 1.29 is 33.0 Å². The summed E-state index contributed by atoms with van der Waals surface area (Å²) >= 11 is 0.952. The number of amides is 1. The molecule has 0 atom stereocenters. The van der Waals surface area contributed by atoms with Gasteiger partial charge >= 0.3 is 11.9 Å². The number of anilines is 1. The van der Waals surface area contributed by atoms with Crippen LogP contribution in [0.15, 0.2) is 28.7 Å². The minimum absolute atomic E-state index is 0.0352. The van der Waals surface area contributed by atoms with E-state index in [-0.39, 0.29) is 34.4 Å². The Morgan fingerprint density at radius 2 is 1.80 bits per heavy atom. The summed E-state index contributed by atoms with van der Waals surface area (Å²) in [6.45, 7) is 5.31. The number of benzene rings is 1. The van der Waals surface area contributed by atoms with E-state index in [1.165, 1.54) is 7.11 Å². The third kappa shape index (κ3) is 4.02. The van der Waals surface area contributed by atoms with Gasteiger partial charge in [-0.15, -0.1) is 11.3 Å². The van der Waals surface area contributed by atoms with Crippen LogP contribution >= 0.6 is 11.3 Å². The predicted molar refractivity (Wildman–Crippen MR) is 112 cm³/mol. The number of fused-ring (bicyclic) bond motifs is 1. The van der Waals surface area contributed by atoms with Gasteiger partial charge in [-0.3, -0.25) is 4.79 Å². The maximum absolute atomic E-state index is 12.8. The Kier molecular flexibility index (Phi) is 6.41. The first-order valence-corrected chi connectivity index (χ1v) is 10.1. The van der Waals surface area contributed by atoms with Gasteiger partial charge in [0.1, 0.15) is 9.88 Å². The Morgan fingerprint density at radius 3 is 2.47 bits per heavy atom. The highest BCUT2D eigenvalue weighted by atomic mass is 32.1. The van der Waals surface area contributed by atoms with Gasteiger partial charge in [0.2, 0.25) is 0 Å². The molecule has 2 aromatic heterocycles. The molecule has 3 aromatic rings. The van der Waals surface area contributed by atoms with Gasteiger partial charge in [-0.2, -0.15) is 0 Å². The third-order valence-corrected chi connectivity index (χ3v) is 5.45. The molecule has 9 heteroatoms.